The van der Waals surface area contributed by atoms with Crippen molar-refractivity contribution < 1.29 is 14.2 Å². The van der Waals surface area contributed by atoms with Crippen LogP contribution in [0.25, 0.3) is 0 Å². The minimum Gasteiger partial charge on any atom is -0.491 e. The Morgan fingerprint density at radius 1 is 0.658 bits per heavy atom. The Labute approximate surface area is 232 Å². The largest absolute Gasteiger partial charge is 0.491 e. The highest BCUT2D eigenvalue weighted by atomic mass is 16.6. The first-order valence-electron chi connectivity index (χ1n) is 15.2. The van der Waals surface area contributed by atoms with Crippen LogP contribution in [0.15, 0.2) is 54.6 Å². The first-order chi connectivity index (χ1) is 18.8. The summed E-state index contributed by atoms with van der Waals surface area (Å²) < 4.78 is 18.1. The summed E-state index contributed by atoms with van der Waals surface area (Å²) in [5, 5.41) is 8.99. The van der Waals surface area contributed by atoms with E-state index in [1.54, 1.807) is 12.1 Å². The van der Waals surface area contributed by atoms with E-state index in [0.717, 1.165) is 44.6 Å². The lowest BCUT2D eigenvalue weighted by Crippen LogP contribution is -2.28. The summed E-state index contributed by atoms with van der Waals surface area (Å²) in [7, 11) is 0. The molecule has 0 saturated carbocycles. The van der Waals surface area contributed by atoms with Crippen LogP contribution >= 0.6 is 0 Å². The lowest BCUT2D eigenvalue weighted by Gasteiger charge is -2.19. The fourth-order valence-corrected chi connectivity index (χ4v) is 4.54. The predicted octanol–water partition coefficient (Wildman–Crippen LogP) is 9.06. The van der Waals surface area contributed by atoms with Gasteiger partial charge in [0.05, 0.1) is 18.2 Å². The molecule has 0 aliphatic heterocycles. The van der Waals surface area contributed by atoms with E-state index in [4.69, 9.17) is 19.5 Å². The maximum Gasteiger partial charge on any atom is 0.119 e. The van der Waals surface area contributed by atoms with E-state index in [1.165, 1.54) is 76.2 Å². The van der Waals surface area contributed by atoms with Crippen LogP contribution in [-0.4, -0.2) is 32.5 Å². The van der Waals surface area contributed by atoms with Gasteiger partial charge in [-0.3, -0.25) is 0 Å². The molecule has 0 N–H and O–H groups in total. The minimum atomic E-state index is -0.0903. The third-order valence-corrected chi connectivity index (χ3v) is 6.92. The number of hydrogen-bond donors (Lipinski definition) is 0. The van der Waals surface area contributed by atoms with E-state index in [0.29, 0.717) is 18.8 Å². The Morgan fingerprint density at radius 2 is 1.26 bits per heavy atom. The maximum atomic E-state index is 8.99. The number of unbranched alkanes of at least 4 members (excludes halogenated alkanes) is 12. The highest BCUT2D eigenvalue weighted by Gasteiger charge is 2.11. The molecule has 0 aliphatic rings. The third kappa shape index (κ3) is 16.5. The molecular formula is C34H51NO3. The van der Waals surface area contributed by atoms with Crippen LogP contribution in [0.1, 0.15) is 108 Å². The van der Waals surface area contributed by atoms with Gasteiger partial charge in [-0.25, -0.2) is 0 Å². The second kappa shape index (κ2) is 22.6. The van der Waals surface area contributed by atoms with Gasteiger partial charge in [-0.05, 0) is 55.5 Å². The van der Waals surface area contributed by atoms with Crippen LogP contribution in [0.2, 0.25) is 0 Å². The molecule has 1 atom stereocenters. The molecule has 0 aromatic heterocycles. The number of benzene rings is 2. The van der Waals surface area contributed by atoms with E-state index in [-0.39, 0.29) is 6.10 Å². The topological polar surface area (TPSA) is 51.5 Å². The molecule has 0 spiro atoms. The third-order valence-electron chi connectivity index (χ3n) is 6.92. The number of hydrogen-bond acceptors (Lipinski definition) is 4. The SMILES string of the molecule is CCCCCCCCCCCCCCOC(COCCCCc1ccccc1)COc1ccc(C#N)cc1. The Balaban J connectivity index is 1.57. The molecule has 2 aromatic carbocycles. The molecule has 0 aliphatic carbocycles. The Morgan fingerprint density at radius 3 is 1.89 bits per heavy atom. The summed E-state index contributed by atoms with van der Waals surface area (Å²) in [4.78, 5) is 0. The fourth-order valence-electron chi connectivity index (χ4n) is 4.54. The summed E-state index contributed by atoms with van der Waals surface area (Å²) >= 11 is 0. The van der Waals surface area contributed by atoms with Crippen molar-refractivity contribution in [3.63, 3.8) is 0 Å². The Hall–Kier alpha value is -2.35. The molecule has 0 bridgehead atoms. The lowest BCUT2D eigenvalue weighted by atomic mass is 10.1. The highest BCUT2D eigenvalue weighted by Crippen LogP contribution is 2.14. The van der Waals surface area contributed by atoms with Crippen LogP contribution in [-0.2, 0) is 15.9 Å². The standard InChI is InChI=1S/C34H51NO3/c1-2-3-4-5-6-7-8-9-10-11-12-17-27-37-34(30-38-33-24-22-32(28-35)23-25-33)29-36-26-18-16-21-31-19-14-13-15-20-31/h13-15,19-20,22-25,34H,2-12,16-18,21,26-27,29-30H2,1H3. The molecule has 4 nitrogen and oxygen atoms in total. The van der Waals surface area contributed by atoms with Crippen LogP contribution in [0, 0.1) is 11.3 Å². The predicted molar refractivity (Wildman–Crippen MR) is 158 cm³/mol. The van der Waals surface area contributed by atoms with Gasteiger partial charge in [0.15, 0.2) is 0 Å². The summed E-state index contributed by atoms with van der Waals surface area (Å²) in [6.45, 7) is 4.76. The second-order valence-corrected chi connectivity index (χ2v) is 10.3. The molecule has 2 aromatic rings. The van der Waals surface area contributed by atoms with Gasteiger partial charge in [0, 0.05) is 13.2 Å². The van der Waals surface area contributed by atoms with Gasteiger partial charge in [0.1, 0.15) is 18.5 Å². The zero-order chi connectivity index (χ0) is 26.9. The Bertz CT molecular complexity index is 831. The van der Waals surface area contributed by atoms with E-state index in [9.17, 15) is 0 Å². The van der Waals surface area contributed by atoms with Crippen molar-refractivity contribution in [3.8, 4) is 11.8 Å². The van der Waals surface area contributed by atoms with Crippen LogP contribution in [0.5, 0.6) is 5.75 Å². The zero-order valence-corrected chi connectivity index (χ0v) is 23.9. The van der Waals surface area contributed by atoms with E-state index in [1.807, 2.05) is 12.1 Å². The average molecular weight is 522 g/mol. The zero-order valence-electron chi connectivity index (χ0n) is 23.9. The monoisotopic (exact) mass is 521 g/mol. The van der Waals surface area contributed by atoms with Gasteiger partial charge in [-0.15, -0.1) is 0 Å². The summed E-state index contributed by atoms with van der Waals surface area (Å²) in [6.07, 6.45) is 19.2. The normalized spacial score (nSPS) is 11.8. The van der Waals surface area contributed by atoms with Crippen molar-refractivity contribution in [1.82, 2.24) is 0 Å². The summed E-state index contributed by atoms with van der Waals surface area (Å²) in [6, 6.07) is 20.0. The van der Waals surface area contributed by atoms with Gasteiger partial charge < -0.3 is 14.2 Å². The molecule has 210 valence electrons. The quantitative estimate of drug-likeness (QED) is 0.129. The molecule has 0 amide bonds. The first-order valence-corrected chi connectivity index (χ1v) is 15.2. The molecular weight excluding hydrogens is 470 g/mol. The van der Waals surface area contributed by atoms with E-state index >= 15 is 0 Å². The molecule has 0 heterocycles. The number of rotatable bonds is 24. The number of ether oxygens (including phenoxy) is 3. The van der Waals surface area contributed by atoms with Gasteiger partial charge >= 0.3 is 0 Å². The summed E-state index contributed by atoms with van der Waals surface area (Å²) in [5.74, 6) is 0.755. The second-order valence-electron chi connectivity index (χ2n) is 10.3. The minimum absolute atomic E-state index is 0.0903. The fraction of sp³-hybridized carbons (Fsp3) is 0.618. The molecule has 0 radical (unpaired) electrons. The van der Waals surface area contributed by atoms with Crippen molar-refractivity contribution in [1.29, 1.82) is 5.26 Å². The van der Waals surface area contributed by atoms with Gasteiger partial charge in [-0.1, -0.05) is 108 Å². The number of nitriles is 1. The maximum absolute atomic E-state index is 8.99. The molecule has 4 heteroatoms. The van der Waals surface area contributed by atoms with E-state index in [2.05, 4.69) is 43.3 Å². The van der Waals surface area contributed by atoms with Gasteiger partial charge in [-0.2, -0.15) is 5.26 Å². The van der Waals surface area contributed by atoms with E-state index < -0.39 is 0 Å². The number of nitrogens with zero attached hydrogens (tertiary/aromatic N) is 1. The molecule has 2 rings (SSSR count). The van der Waals surface area contributed by atoms with Crippen molar-refractivity contribution in [3.05, 3.63) is 65.7 Å². The van der Waals surface area contributed by atoms with Crippen molar-refractivity contribution >= 4 is 0 Å². The Kier molecular flexibility index (Phi) is 19.0. The summed E-state index contributed by atoms with van der Waals surface area (Å²) in [5.41, 5.74) is 2.02. The molecule has 38 heavy (non-hydrogen) atoms. The van der Waals surface area contributed by atoms with Crippen molar-refractivity contribution in [2.45, 2.75) is 109 Å². The molecule has 0 fully saturated rings. The average Bonchev–Trinajstić information content (AvgIpc) is 2.96. The lowest BCUT2D eigenvalue weighted by molar-refractivity contribution is -0.0388. The van der Waals surface area contributed by atoms with Crippen LogP contribution in [0.4, 0.5) is 0 Å². The highest BCUT2D eigenvalue weighted by molar-refractivity contribution is 5.34. The first kappa shape index (κ1) is 31.9. The van der Waals surface area contributed by atoms with Crippen molar-refractivity contribution in [2.24, 2.45) is 0 Å². The van der Waals surface area contributed by atoms with Crippen LogP contribution < -0.4 is 4.74 Å². The van der Waals surface area contributed by atoms with Gasteiger partial charge in [0.25, 0.3) is 0 Å². The smallest absolute Gasteiger partial charge is 0.119 e. The van der Waals surface area contributed by atoms with Crippen molar-refractivity contribution in [2.75, 3.05) is 26.4 Å². The number of aryl methyl sites for hydroxylation is 1. The molecule has 0 saturated heterocycles. The van der Waals surface area contributed by atoms with Gasteiger partial charge in [0.2, 0.25) is 0 Å². The van der Waals surface area contributed by atoms with Crippen LogP contribution in [0.3, 0.4) is 0 Å². The molecule has 1 unspecified atom stereocenters.